The van der Waals surface area contributed by atoms with Crippen LogP contribution in [-0.4, -0.2) is 37.9 Å². The number of thiazole rings is 1. The topological polar surface area (TPSA) is 65.8 Å². The Morgan fingerprint density at radius 1 is 1.40 bits per heavy atom. The number of benzene rings is 1. The normalized spacial score (nSPS) is 20.1. The van der Waals surface area contributed by atoms with Crippen molar-refractivity contribution in [2.45, 2.75) is 32.4 Å². The van der Waals surface area contributed by atoms with Gasteiger partial charge in [-0.3, -0.25) is 4.79 Å². The summed E-state index contributed by atoms with van der Waals surface area (Å²) in [6.45, 7) is 2.74. The largest absolute Gasteiger partial charge is 0.481 e. The highest BCUT2D eigenvalue weighted by molar-refractivity contribution is 8.14. The molecule has 5 nitrogen and oxygen atoms in total. The van der Waals surface area contributed by atoms with Crippen LogP contribution in [0.5, 0.6) is 0 Å². The maximum atomic E-state index is 10.9. The molecule has 0 amide bonds. The minimum Gasteiger partial charge on any atom is -0.481 e. The van der Waals surface area contributed by atoms with Crippen LogP contribution in [0.3, 0.4) is 0 Å². The Labute approximate surface area is 160 Å². The fourth-order valence-corrected chi connectivity index (χ4v) is 5.31. The van der Waals surface area contributed by atoms with E-state index in [9.17, 15) is 4.79 Å². The third-order valence-electron chi connectivity index (χ3n) is 4.39. The van der Waals surface area contributed by atoms with Crippen molar-refractivity contribution in [3.05, 3.63) is 46.0 Å². The predicted molar refractivity (Wildman–Crippen MR) is 104 cm³/mol. The fraction of sp³-hybridized carbons (Fsp3) is 0.353. The van der Waals surface area contributed by atoms with Crippen LogP contribution in [0, 0.1) is 6.92 Å². The lowest BCUT2D eigenvalue weighted by molar-refractivity contribution is -0.136. The number of carboxylic acid groups (broad SMARTS) is 1. The van der Waals surface area contributed by atoms with Crippen molar-refractivity contribution in [2.24, 2.45) is 4.99 Å². The van der Waals surface area contributed by atoms with Gasteiger partial charge in [0.1, 0.15) is 0 Å². The molecule has 0 saturated carbocycles. The van der Waals surface area contributed by atoms with Crippen LogP contribution >= 0.6 is 35.5 Å². The molecule has 1 fully saturated rings. The van der Waals surface area contributed by atoms with Crippen LogP contribution in [0.25, 0.3) is 0 Å². The summed E-state index contributed by atoms with van der Waals surface area (Å²) in [5.74, 6) is 0.211. The van der Waals surface area contributed by atoms with Gasteiger partial charge in [-0.2, -0.15) is 4.99 Å². The molecule has 4 rings (SSSR count). The van der Waals surface area contributed by atoms with Crippen LogP contribution < -0.4 is 0 Å². The van der Waals surface area contributed by atoms with E-state index < -0.39 is 5.97 Å². The molecule has 132 valence electrons. The number of hydrogen-bond donors (Lipinski definition) is 1. The number of aryl methyl sites for hydroxylation is 1. The van der Waals surface area contributed by atoms with E-state index >= 15 is 0 Å². The summed E-state index contributed by atoms with van der Waals surface area (Å²) >= 11 is 3.15. The summed E-state index contributed by atoms with van der Waals surface area (Å²) < 4.78 is 0. The minimum absolute atomic E-state index is 0. The van der Waals surface area contributed by atoms with Crippen LogP contribution in [0.1, 0.15) is 21.7 Å². The van der Waals surface area contributed by atoms with Crippen LogP contribution in [-0.2, 0) is 24.2 Å². The first kappa shape index (κ1) is 18.2. The van der Waals surface area contributed by atoms with Crippen LogP contribution in [0.4, 0.5) is 5.13 Å². The number of nitrogens with zero attached hydrogens (tertiary/aromatic N) is 3. The SMILES string of the molecule is Cc1nc(/N=C2/SC[C@@H]3Cc4ccccc4CN23)sc1CC(=O)O.Cl. The molecule has 2 aliphatic heterocycles. The molecule has 1 atom stereocenters. The Balaban J connectivity index is 0.00000182. The minimum atomic E-state index is -0.830. The van der Waals surface area contributed by atoms with Gasteiger partial charge in [0.15, 0.2) is 5.17 Å². The summed E-state index contributed by atoms with van der Waals surface area (Å²) in [5.41, 5.74) is 3.57. The molecule has 0 unspecified atom stereocenters. The monoisotopic (exact) mass is 395 g/mol. The molecular weight excluding hydrogens is 378 g/mol. The second-order valence-corrected chi connectivity index (χ2v) is 8.08. The number of rotatable bonds is 3. The zero-order chi connectivity index (χ0) is 16.7. The van der Waals surface area contributed by atoms with Gasteiger partial charge in [0.2, 0.25) is 5.13 Å². The first-order valence-corrected chi connectivity index (χ1v) is 9.63. The van der Waals surface area contributed by atoms with Crippen LogP contribution in [0.15, 0.2) is 29.3 Å². The van der Waals surface area contributed by atoms with E-state index in [0.717, 1.165) is 34.5 Å². The van der Waals surface area contributed by atoms with Gasteiger partial charge in [-0.25, -0.2) is 4.98 Å². The van der Waals surface area contributed by atoms with Crippen LogP contribution in [0.2, 0.25) is 0 Å². The zero-order valence-electron chi connectivity index (χ0n) is 13.6. The van der Waals surface area contributed by atoms with Gasteiger partial charge in [-0.15, -0.1) is 12.4 Å². The first-order valence-electron chi connectivity index (χ1n) is 7.83. The van der Waals surface area contributed by atoms with Crippen molar-refractivity contribution in [1.82, 2.24) is 9.88 Å². The van der Waals surface area contributed by atoms with Gasteiger partial charge in [-0.1, -0.05) is 47.4 Å². The second kappa shape index (κ2) is 7.35. The number of hydrogen-bond acceptors (Lipinski definition) is 5. The molecule has 25 heavy (non-hydrogen) atoms. The third kappa shape index (κ3) is 3.68. The summed E-state index contributed by atoms with van der Waals surface area (Å²) in [6, 6.07) is 9.08. The first-order chi connectivity index (χ1) is 11.6. The van der Waals surface area contributed by atoms with Gasteiger partial charge in [0.25, 0.3) is 0 Å². The Morgan fingerprint density at radius 2 is 2.16 bits per heavy atom. The van der Waals surface area contributed by atoms with Gasteiger partial charge in [0.05, 0.1) is 12.1 Å². The van der Waals surface area contributed by atoms with Crippen molar-refractivity contribution in [2.75, 3.05) is 5.75 Å². The summed E-state index contributed by atoms with van der Waals surface area (Å²) in [5, 5.41) is 10.6. The Morgan fingerprint density at radius 3 is 2.92 bits per heavy atom. The number of fused-ring (bicyclic) bond motifs is 2. The van der Waals surface area contributed by atoms with E-state index in [0.29, 0.717) is 11.2 Å². The smallest absolute Gasteiger partial charge is 0.308 e. The summed E-state index contributed by atoms with van der Waals surface area (Å²) in [6.07, 6.45) is 1.07. The highest BCUT2D eigenvalue weighted by Crippen LogP contribution is 2.36. The molecule has 0 spiro atoms. The average Bonchev–Trinajstić information content (AvgIpc) is 3.09. The van der Waals surface area contributed by atoms with Gasteiger partial charge in [-0.05, 0) is 24.5 Å². The van der Waals surface area contributed by atoms with E-state index in [1.807, 2.05) is 6.92 Å². The number of aliphatic imine (C=N–C) groups is 1. The number of thioether (sulfide) groups is 1. The van der Waals surface area contributed by atoms with Crippen molar-refractivity contribution < 1.29 is 9.90 Å². The van der Waals surface area contributed by atoms with E-state index in [-0.39, 0.29) is 18.8 Å². The third-order valence-corrected chi connectivity index (χ3v) is 6.58. The van der Waals surface area contributed by atoms with Crippen molar-refractivity contribution in [1.29, 1.82) is 0 Å². The molecule has 0 radical (unpaired) electrons. The van der Waals surface area contributed by atoms with Gasteiger partial charge < -0.3 is 10.0 Å². The molecule has 1 N–H and O–H groups in total. The molecule has 1 aromatic carbocycles. The molecule has 0 aliphatic carbocycles. The molecule has 0 bridgehead atoms. The maximum absolute atomic E-state index is 10.9. The number of halogens is 1. The average molecular weight is 396 g/mol. The molecular formula is C17H18ClN3O2S2. The second-order valence-electron chi connectivity index (χ2n) is 6.04. The lowest BCUT2D eigenvalue weighted by atomic mass is 9.95. The fourth-order valence-electron chi connectivity index (χ4n) is 3.15. The van der Waals surface area contributed by atoms with E-state index in [1.165, 1.54) is 22.5 Å². The molecule has 3 heterocycles. The number of aromatic nitrogens is 1. The van der Waals surface area contributed by atoms with E-state index in [2.05, 4.69) is 34.1 Å². The summed E-state index contributed by atoms with van der Waals surface area (Å²) in [7, 11) is 0. The van der Waals surface area contributed by atoms with Gasteiger partial charge in [0, 0.05) is 23.2 Å². The van der Waals surface area contributed by atoms with E-state index in [4.69, 9.17) is 10.1 Å². The molecule has 2 aromatic rings. The highest BCUT2D eigenvalue weighted by Gasteiger charge is 2.34. The lowest BCUT2D eigenvalue weighted by Gasteiger charge is -2.32. The number of aliphatic carboxylic acids is 1. The lowest BCUT2D eigenvalue weighted by Crippen LogP contribution is -2.38. The quantitative estimate of drug-likeness (QED) is 0.859. The van der Waals surface area contributed by atoms with Crippen molar-refractivity contribution in [3.63, 3.8) is 0 Å². The molecule has 8 heteroatoms. The molecule has 1 saturated heterocycles. The summed E-state index contributed by atoms with van der Waals surface area (Å²) in [4.78, 5) is 23.2. The molecule has 1 aromatic heterocycles. The van der Waals surface area contributed by atoms with Gasteiger partial charge >= 0.3 is 5.97 Å². The number of carboxylic acids is 1. The Kier molecular flexibility index (Phi) is 5.36. The standard InChI is InChI=1S/C17H17N3O2S2.ClH/c1-10-14(7-15(21)22)24-16(18-10)19-17-20-8-12-5-3-2-4-11(12)6-13(20)9-23-17;/h2-5,13H,6-9H2,1H3,(H,21,22);1H/b19-17+;/t13-;/m0./s1. The van der Waals surface area contributed by atoms with Crippen molar-refractivity contribution >= 4 is 51.8 Å². The van der Waals surface area contributed by atoms with E-state index in [1.54, 1.807) is 11.8 Å². The number of carbonyl (C=O) groups is 1. The zero-order valence-corrected chi connectivity index (χ0v) is 16.1. The Bertz CT molecular complexity index is 837. The number of amidine groups is 1. The van der Waals surface area contributed by atoms with Crippen molar-refractivity contribution in [3.8, 4) is 0 Å². The predicted octanol–water partition coefficient (Wildman–Crippen LogP) is 3.66. The highest BCUT2D eigenvalue weighted by atomic mass is 35.5. The maximum Gasteiger partial charge on any atom is 0.308 e. The molecule has 2 aliphatic rings. The Hall–Kier alpha value is -1.57.